The molecule has 0 aliphatic heterocycles. The summed E-state index contributed by atoms with van der Waals surface area (Å²) in [6, 6.07) is 0. The van der Waals surface area contributed by atoms with Crippen molar-refractivity contribution in [1.29, 1.82) is 0 Å². The number of carbonyl (C=O) groups is 1. The highest BCUT2D eigenvalue weighted by molar-refractivity contribution is 5.75. The molecule has 0 aromatic heterocycles. The summed E-state index contributed by atoms with van der Waals surface area (Å²) in [5, 5.41) is 3.10. The third-order valence-electron chi connectivity index (χ3n) is 4.71. The second kappa shape index (κ2) is 16.1. The van der Waals surface area contributed by atoms with E-state index >= 15 is 0 Å². The first-order valence-corrected chi connectivity index (χ1v) is 10.2. The van der Waals surface area contributed by atoms with Crippen molar-refractivity contribution in [2.45, 2.75) is 59.5 Å². The molecule has 0 bridgehead atoms. The van der Waals surface area contributed by atoms with Crippen molar-refractivity contribution in [3.05, 3.63) is 60.5 Å². The molecule has 0 radical (unpaired) electrons. The smallest absolute Gasteiger partial charge is 0.313 e. The van der Waals surface area contributed by atoms with Gasteiger partial charge in [0.05, 0.1) is 5.92 Å². The molecular formula is C24H38FNO2. The van der Waals surface area contributed by atoms with Gasteiger partial charge in [0.15, 0.2) is 0 Å². The van der Waals surface area contributed by atoms with Crippen LogP contribution < -0.4 is 5.32 Å². The van der Waals surface area contributed by atoms with Crippen LogP contribution in [0.25, 0.3) is 0 Å². The van der Waals surface area contributed by atoms with Crippen molar-refractivity contribution < 1.29 is 13.9 Å². The Morgan fingerprint density at radius 1 is 1.36 bits per heavy atom. The normalized spacial score (nSPS) is 18.7. The fraction of sp³-hybridized carbons (Fsp3) is 0.542. The fourth-order valence-corrected chi connectivity index (χ4v) is 2.54. The van der Waals surface area contributed by atoms with Crippen molar-refractivity contribution in [2.24, 2.45) is 11.8 Å². The number of esters is 1. The molecule has 0 heterocycles. The molecule has 28 heavy (non-hydrogen) atoms. The van der Waals surface area contributed by atoms with Crippen LogP contribution in [-0.2, 0) is 9.53 Å². The monoisotopic (exact) mass is 391 g/mol. The quantitative estimate of drug-likeness (QED) is 0.279. The lowest BCUT2D eigenvalue weighted by atomic mass is 9.95. The van der Waals surface area contributed by atoms with E-state index in [1.54, 1.807) is 13.8 Å². The summed E-state index contributed by atoms with van der Waals surface area (Å²) in [5.41, 5.74) is 0.365. The summed E-state index contributed by atoms with van der Waals surface area (Å²) < 4.78 is 19.3. The Morgan fingerprint density at radius 2 is 2.07 bits per heavy atom. The van der Waals surface area contributed by atoms with E-state index in [0.29, 0.717) is 5.57 Å². The molecule has 3 nitrogen and oxygen atoms in total. The predicted molar refractivity (Wildman–Crippen MR) is 118 cm³/mol. The van der Waals surface area contributed by atoms with Crippen LogP contribution in [0.3, 0.4) is 0 Å². The van der Waals surface area contributed by atoms with Crippen LogP contribution >= 0.6 is 0 Å². The Hall–Kier alpha value is -1.94. The molecule has 0 saturated carbocycles. The maximum absolute atomic E-state index is 13.8. The molecular weight excluding hydrogens is 353 g/mol. The Morgan fingerprint density at radius 3 is 2.61 bits per heavy atom. The molecule has 1 N–H and O–H groups in total. The van der Waals surface area contributed by atoms with Crippen LogP contribution in [0.4, 0.5) is 4.39 Å². The number of allylic oxidation sites excluding steroid dienone is 7. The number of hydrogen-bond acceptors (Lipinski definition) is 3. The Bertz CT molecular complexity index is 571. The standard InChI is InChI=1S/C18H23FO2.C6H15N/c1-5-6-12-17(19)13(2)14(3)18(20)21-15(4)16-10-8-7-9-11-16;1-3-4-5-6-7-2/h5-10,12,14-16H,1,11H2,2-4H3;7H,3-6H2,1-2H3/b12-6-,17-13-;. The van der Waals surface area contributed by atoms with Crippen molar-refractivity contribution >= 4 is 5.97 Å². The van der Waals surface area contributed by atoms with E-state index < -0.39 is 17.7 Å². The largest absolute Gasteiger partial charge is 0.462 e. The van der Waals surface area contributed by atoms with Crippen LogP contribution in [0.5, 0.6) is 0 Å². The lowest BCUT2D eigenvalue weighted by Crippen LogP contribution is -2.27. The maximum Gasteiger partial charge on any atom is 0.313 e. The molecule has 4 heteroatoms. The topological polar surface area (TPSA) is 38.3 Å². The summed E-state index contributed by atoms with van der Waals surface area (Å²) in [6.45, 7) is 12.0. The Balaban J connectivity index is 0.000000887. The summed E-state index contributed by atoms with van der Waals surface area (Å²) in [6.07, 6.45) is 16.9. The first-order valence-electron chi connectivity index (χ1n) is 10.2. The van der Waals surface area contributed by atoms with Crippen molar-refractivity contribution in [1.82, 2.24) is 5.32 Å². The van der Waals surface area contributed by atoms with Gasteiger partial charge in [0, 0.05) is 5.92 Å². The molecule has 0 fully saturated rings. The number of unbranched alkanes of at least 4 members (excludes halogenated alkanes) is 2. The van der Waals surface area contributed by atoms with Crippen LogP contribution in [-0.4, -0.2) is 25.7 Å². The summed E-state index contributed by atoms with van der Waals surface area (Å²) >= 11 is 0. The lowest BCUT2D eigenvalue weighted by Gasteiger charge is -2.23. The van der Waals surface area contributed by atoms with E-state index in [-0.39, 0.29) is 12.0 Å². The number of carbonyl (C=O) groups excluding carboxylic acids is 1. The minimum atomic E-state index is -0.606. The molecule has 1 rings (SSSR count). The van der Waals surface area contributed by atoms with Gasteiger partial charge in [-0.2, -0.15) is 0 Å². The second-order valence-corrected chi connectivity index (χ2v) is 7.01. The number of ether oxygens (including phenoxy) is 1. The van der Waals surface area contributed by atoms with Gasteiger partial charge in [0.25, 0.3) is 0 Å². The maximum atomic E-state index is 13.8. The second-order valence-electron chi connectivity index (χ2n) is 7.01. The number of rotatable bonds is 10. The van der Waals surface area contributed by atoms with E-state index in [9.17, 15) is 9.18 Å². The average Bonchev–Trinajstić information content (AvgIpc) is 2.72. The van der Waals surface area contributed by atoms with Gasteiger partial charge in [-0.15, -0.1) is 0 Å². The molecule has 0 spiro atoms. The highest BCUT2D eigenvalue weighted by Crippen LogP contribution is 2.23. The number of nitrogens with one attached hydrogen (secondary N) is 1. The molecule has 0 amide bonds. The van der Waals surface area contributed by atoms with Crippen LogP contribution in [0.2, 0.25) is 0 Å². The highest BCUT2D eigenvalue weighted by atomic mass is 19.1. The van der Waals surface area contributed by atoms with E-state index in [0.717, 1.165) is 6.42 Å². The van der Waals surface area contributed by atoms with Gasteiger partial charge in [-0.05, 0) is 58.9 Å². The SMILES string of the molecule is C=C/C=C\C(F)=C(/C)C(C)C(=O)OC(C)C1C=CC=CC1.CCCCCNC. The van der Waals surface area contributed by atoms with Gasteiger partial charge in [-0.1, -0.05) is 62.8 Å². The Labute approximate surface area is 171 Å². The number of halogens is 1. The molecule has 3 unspecified atom stereocenters. The molecule has 158 valence electrons. The molecule has 0 aromatic carbocycles. The van der Waals surface area contributed by atoms with Gasteiger partial charge in [-0.25, -0.2) is 4.39 Å². The van der Waals surface area contributed by atoms with Crippen LogP contribution in [0, 0.1) is 11.8 Å². The number of hydrogen-bond donors (Lipinski definition) is 1. The fourth-order valence-electron chi connectivity index (χ4n) is 2.54. The van der Waals surface area contributed by atoms with Crippen molar-refractivity contribution in [2.75, 3.05) is 13.6 Å². The van der Waals surface area contributed by atoms with E-state index in [1.807, 2.05) is 38.3 Å². The van der Waals surface area contributed by atoms with Gasteiger partial charge in [0.2, 0.25) is 0 Å². The molecule has 1 aliphatic carbocycles. The molecule has 0 saturated heterocycles. The van der Waals surface area contributed by atoms with Gasteiger partial charge < -0.3 is 10.1 Å². The van der Waals surface area contributed by atoms with Crippen LogP contribution in [0.15, 0.2) is 60.5 Å². The van der Waals surface area contributed by atoms with Gasteiger partial charge in [0.1, 0.15) is 11.9 Å². The van der Waals surface area contributed by atoms with Crippen molar-refractivity contribution in [3.8, 4) is 0 Å². The van der Waals surface area contributed by atoms with Gasteiger partial charge >= 0.3 is 5.97 Å². The molecule has 1 aliphatic rings. The van der Waals surface area contributed by atoms with Crippen LogP contribution in [0.1, 0.15) is 53.4 Å². The van der Waals surface area contributed by atoms with E-state index in [2.05, 4.69) is 18.8 Å². The third-order valence-corrected chi connectivity index (χ3v) is 4.71. The van der Waals surface area contributed by atoms with E-state index in [4.69, 9.17) is 4.74 Å². The lowest BCUT2D eigenvalue weighted by molar-refractivity contribution is -0.153. The molecule has 3 atom stereocenters. The first kappa shape index (κ1) is 26.1. The zero-order chi connectivity index (χ0) is 21.4. The average molecular weight is 392 g/mol. The van der Waals surface area contributed by atoms with Gasteiger partial charge in [-0.3, -0.25) is 4.79 Å². The first-order chi connectivity index (χ1) is 13.4. The zero-order valence-electron chi connectivity index (χ0n) is 18.2. The summed E-state index contributed by atoms with van der Waals surface area (Å²) in [5.74, 6) is -1.25. The Kier molecular flexibility index (Phi) is 14.9. The van der Waals surface area contributed by atoms with Crippen molar-refractivity contribution in [3.63, 3.8) is 0 Å². The third kappa shape index (κ3) is 11.0. The zero-order valence-corrected chi connectivity index (χ0v) is 18.2. The predicted octanol–water partition coefficient (Wildman–Crippen LogP) is 6.07. The summed E-state index contributed by atoms with van der Waals surface area (Å²) in [4.78, 5) is 12.1. The minimum Gasteiger partial charge on any atom is -0.462 e. The molecule has 0 aromatic rings. The van der Waals surface area contributed by atoms with E-state index in [1.165, 1.54) is 44.0 Å². The summed E-state index contributed by atoms with van der Waals surface area (Å²) in [7, 11) is 2.00. The minimum absolute atomic E-state index is 0.181. The highest BCUT2D eigenvalue weighted by Gasteiger charge is 2.24.